The first-order valence-electron chi connectivity index (χ1n) is 12.2. The molecule has 2 unspecified atom stereocenters. The lowest BCUT2D eigenvalue weighted by Gasteiger charge is -2.39. The maximum absolute atomic E-state index is 10.7. The molecule has 1 heterocycles. The van der Waals surface area contributed by atoms with Crippen molar-refractivity contribution in [3.05, 3.63) is 23.3 Å². The second-order valence-corrected chi connectivity index (χ2v) is 9.33. The Morgan fingerprint density at radius 2 is 1.48 bits per heavy atom. The van der Waals surface area contributed by atoms with E-state index in [0.29, 0.717) is 17.7 Å². The second kappa shape index (κ2) is 12.5. The van der Waals surface area contributed by atoms with Gasteiger partial charge in [-0.05, 0) is 50.3 Å². The summed E-state index contributed by atoms with van der Waals surface area (Å²) in [6, 6.07) is 3.88. The molecule has 0 aliphatic carbocycles. The van der Waals surface area contributed by atoms with Gasteiger partial charge in [0.1, 0.15) is 17.1 Å². The number of ether oxygens (including phenoxy) is 1. The summed E-state index contributed by atoms with van der Waals surface area (Å²) >= 11 is 0. The zero-order valence-electron chi connectivity index (χ0n) is 19.1. The number of aliphatic hydroxyl groups excluding tert-OH is 1. The minimum atomic E-state index is -0.646. The number of phenolic OH excluding ortho intramolecular Hbond substituents is 1. The van der Waals surface area contributed by atoms with E-state index < -0.39 is 6.10 Å². The van der Waals surface area contributed by atoms with Gasteiger partial charge in [-0.1, -0.05) is 78.1 Å². The van der Waals surface area contributed by atoms with Gasteiger partial charge in [-0.25, -0.2) is 0 Å². The second-order valence-electron chi connectivity index (χ2n) is 9.33. The molecule has 0 amide bonds. The molecule has 1 aliphatic rings. The van der Waals surface area contributed by atoms with Crippen LogP contribution in [0.4, 0.5) is 0 Å². The summed E-state index contributed by atoms with van der Waals surface area (Å²) in [7, 11) is 0. The average Bonchev–Trinajstić information content (AvgIpc) is 2.66. The molecule has 0 fully saturated rings. The van der Waals surface area contributed by atoms with E-state index in [2.05, 4.69) is 26.8 Å². The van der Waals surface area contributed by atoms with Crippen molar-refractivity contribution in [1.29, 1.82) is 0 Å². The molecule has 2 N–H and O–H groups in total. The molecule has 2 atom stereocenters. The third kappa shape index (κ3) is 7.85. The summed E-state index contributed by atoms with van der Waals surface area (Å²) in [6.07, 6.45) is 17.0. The quantitative estimate of drug-likeness (QED) is 0.313. The Labute approximate surface area is 178 Å². The minimum absolute atomic E-state index is 0.191. The van der Waals surface area contributed by atoms with E-state index >= 15 is 0 Å². The Balaban J connectivity index is 1.90. The van der Waals surface area contributed by atoms with Crippen LogP contribution in [0.1, 0.15) is 128 Å². The van der Waals surface area contributed by atoms with Crippen LogP contribution in [0.5, 0.6) is 11.5 Å². The van der Waals surface area contributed by atoms with Crippen molar-refractivity contribution >= 4 is 0 Å². The number of benzene rings is 1. The van der Waals surface area contributed by atoms with Crippen LogP contribution >= 0.6 is 0 Å². The fraction of sp³-hybridized carbons (Fsp3) is 0.769. The Morgan fingerprint density at radius 3 is 2.14 bits per heavy atom. The van der Waals surface area contributed by atoms with Gasteiger partial charge in [-0.15, -0.1) is 0 Å². The maximum Gasteiger partial charge on any atom is 0.129 e. The first kappa shape index (κ1) is 24.1. The van der Waals surface area contributed by atoms with Crippen LogP contribution in [0.2, 0.25) is 0 Å². The molecule has 166 valence electrons. The fourth-order valence-electron chi connectivity index (χ4n) is 4.59. The normalized spacial score (nSPS) is 21.0. The van der Waals surface area contributed by atoms with Crippen molar-refractivity contribution in [1.82, 2.24) is 0 Å². The highest BCUT2D eigenvalue weighted by Crippen LogP contribution is 2.46. The van der Waals surface area contributed by atoms with Crippen molar-refractivity contribution in [2.75, 3.05) is 0 Å². The lowest BCUT2D eigenvalue weighted by atomic mass is 9.85. The predicted octanol–water partition coefficient (Wildman–Crippen LogP) is 7.62. The van der Waals surface area contributed by atoms with Crippen LogP contribution in [-0.2, 0) is 6.42 Å². The first-order chi connectivity index (χ1) is 14.0. The van der Waals surface area contributed by atoms with Crippen molar-refractivity contribution in [3.63, 3.8) is 0 Å². The summed E-state index contributed by atoms with van der Waals surface area (Å²) in [4.78, 5) is 0. The lowest BCUT2D eigenvalue weighted by Crippen LogP contribution is -2.38. The number of aromatic hydroxyl groups is 1. The Bertz CT molecular complexity index is 598. The van der Waals surface area contributed by atoms with Crippen LogP contribution < -0.4 is 4.74 Å². The van der Waals surface area contributed by atoms with E-state index in [1.54, 1.807) is 0 Å². The van der Waals surface area contributed by atoms with Gasteiger partial charge in [-0.3, -0.25) is 0 Å². The van der Waals surface area contributed by atoms with Gasteiger partial charge >= 0.3 is 0 Å². The molecule has 0 radical (unpaired) electrons. The lowest BCUT2D eigenvalue weighted by molar-refractivity contribution is -0.00978. The molecule has 3 heteroatoms. The molecule has 0 spiro atoms. The number of unbranched alkanes of at least 4 members (excludes halogenated alkanes) is 10. The van der Waals surface area contributed by atoms with E-state index in [9.17, 15) is 10.2 Å². The average molecular weight is 405 g/mol. The largest absolute Gasteiger partial charge is 0.507 e. The molecule has 0 saturated carbocycles. The summed E-state index contributed by atoms with van der Waals surface area (Å²) in [5.74, 6) is 0.884. The van der Waals surface area contributed by atoms with Crippen molar-refractivity contribution in [3.8, 4) is 11.5 Å². The Morgan fingerprint density at radius 1 is 0.897 bits per heavy atom. The van der Waals surface area contributed by atoms with Gasteiger partial charge in [0.05, 0.1) is 11.7 Å². The van der Waals surface area contributed by atoms with Gasteiger partial charge in [0.15, 0.2) is 0 Å². The van der Waals surface area contributed by atoms with Crippen LogP contribution in [0.25, 0.3) is 0 Å². The molecule has 1 aromatic carbocycles. The van der Waals surface area contributed by atoms with Crippen molar-refractivity contribution in [2.24, 2.45) is 0 Å². The Kier molecular flexibility index (Phi) is 10.3. The van der Waals surface area contributed by atoms with Gasteiger partial charge in [0.2, 0.25) is 0 Å². The zero-order valence-corrected chi connectivity index (χ0v) is 19.1. The third-order valence-corrected chi connectivity index (χ3v) is 6.37. The predicted molar refractivity (Wildman–Crippen MR) is 122 cm³/mol. The number of aryl methyl sites for hydroxylation is 1. The highest BCUT2D eigenvalue weighted by Gasteiger charge is 2.37. The van der Waals surface area contributed by atoms with Crippen molar-refractivity contribution in [2.45, 2.75) is 129 Å². The molecule has 0 saturated heterocycles. The van der Waals surface area contributed by atoms with Gasteiger partial charge < -0.3 is 14.9 Å². The van der Waals surface area contributed by atoms with E-state index in [1.807, 2.05) is 6.07 Å². The fourth-order valence-corrected chi connectivity index (χ4v) is 4.59. The SMILES string of the molecule is CCCCCCCCCC1(C)CC(O)c2c(O)cc(CCCCCCC)cc2O1. The van der Waals surface area contributed by atoms with Crippen LogP contribution in [-0.4, -0.2) is 15.8 Å². The number of rotatable bonds is 14. The summed E-state index contributed by atoms with van der Waals surface area (Å²) < 4.78 is 6.38. The van der Waals surface area contributed by atoms with Crippen molar-refractivity contribution < 1.29 is 14.9 Å². The maximum atomic E-state index is 10.7. The van der Waals surface area contributed by atoms with Gasteiger partial charge in [-0.2, -0.15) is 0 Å². The van der Waals surface area contributed by atoms with E-state index in [4.69, 9.17) is 4.74 Å². The third-order valence-electron chi connectivity index (χ3n) is 6.37. The number of aliphatic hydroxyl groups is 1. The molecule has 1 aliphatic heterocycles. The summed E-state index contributed by atoms with van der Waals surface area (Å²) in [5.41, 5.74) is 1.35. The standard InChI is InChI=1S/C26H44O3/c1-4-6-8-10-11-13-15-17-26(3)20-23(28)25-22(27)18-21(19-24(25)29-26)16-14-12-9-7-5-2/h18-19,23,27-28H,4-17,20H2,1-3H3. The molecule has 29 heavy (non-hydrogen) atoms. The topological polar surface area (TPSA) is 49.7 Å². The smallest absolute Gasteiger partial charge is 0.129 e. The molecular weight excluding hydrogens is 360 g/mol. The summed E-state index contributed by atoms with van der Waals surface area (Å²) in [6.45, 7) is 6.60. The monoisotopic (exact) mass is 404 g/mol. The molecule has 1 aromatic rings. The van der Waals surface area contributed by atoms with Gasteiger partial charge in [0, 0.05) is 6.42 Å². The first-order valence-corrected chi connectivity index (χ1v) is 12.2. The molecule has 3 nitrogen and oxygen atoms in total. The van der Waals surface area contributed by atoms with Crippen LogP contribution in [0.3, 0.4) is 0 Å². The zero-order chi connectivity index (χ0) is 21.1. The number of fused-ring (bicyclic) bond motifs is 1. The minimum Gasteiger partial charge on any atom is -0.507 e. The Hall–Kier alpha value is -1.22. The molecular formula is C26H44O3. The van der Waals surface area contributed by atoms with E-state index in [1.165, 1.54) is 64.2 Å². The highest BCUT2D eigenvalue weighted by molar-refractivity contribution is 5.50. The highest BCUT2D eigenvalue weighted by atomic mass is 16.5. The van der Waals surface area contributed by atoms with Gasteiger partial charge in [0.25, 0.3) is 0 Å². The van der Waals surface area contributed by atoms with Crippen LogP contribution in [0.15, 0.2) is 12.1 Å². The molecule has 2 rings (SSSR count). The number of phenols is 1. The molecule has 0 bridgehead atoms. The number of hydrogen-bond acceptors (Lipinski definition) is 3. The number of hydrogen-bond donors (Lipinski definition) is 2. The molecule has 0 aromatic heterocycles. The van der Waals surface area contributed by atoms with E-state index in [0.717, 1.165) is 31.2 Å². The summed E-state index contributed by atoms with van der Waals surface area (Å²) in [5, 5.41) is 21.2. The van der Waals surface area contributed by atoms with Crippen LogP contribution in [0, 0.1) is 0 Å². The van der Waals surface area contributed by atoms with E-state index in [-0.39, 0.29) is 11.4 Å².